The van der Waals surface area contributed by atoms with Gasteiger partial charge in [0.2, 0.25) is 0 Å². The van der Waals surface area contributed by atoms with Gasteiger partial charge in [0.15, 0.2) is 0 Å². The molecule has 0 N–H and O–H groups in total. The van der Waals surface area contributed by atoms with Gasteiger partial charge in [0, 0.05) is 5.92 Å². The number of morpholine rings is 1. The van der Waals surface area contributed by atoms with Crippen LogP contribution < -0.4 is 0 Å². The van der Waals surface area contributed by atoms with E-state index in [1.165, 1.54) is 22.3 Å². The zero-order valence-electron chi connectivity index (χ0n) is 19.7. The number of nitrogens with zero attached hydrogens (tertiary/aromatic N) is 3. The molecule has 0 radical (unpaired) electrons. The Hall–Kier alpha value is -4.03. The number of fused-ring (bicyclic) bond motifs is 6. The van der Waals surface area contributed by atoms with Crippen LogP contribution in [0.25, 0.3) is 27.7 Å². The minimum atomic E-state index is -0.282. The van der Waals surface area contributed by atoms with E-state index >= 15 is 0 Å². The lowest BCUT2D eigenvalue weighted by atomic mass is 9.92. The largest absolute Gasteiger partial charge is 0.448 e. The molecule has 2 aliphatic heterocycles. The van der Waals surface area contributed by atoms with Crippen molar-refractivity contribution in [3.8, 4) is 11.1 Å². The molecule has 0 saturated carbocycles. The van der Waals surface area contributed by atoms with Crippen LogP contribution in [0, 0.1) is 0 Å². The SMILES string of the molecule is O=C(OCC1c2ccccc2-c2ccccc21)N1C2C=C(c3cnc4ccccc4n3)CC1COC2. The van der Waals surface area contributed by atoms with Gasteiger partial charge in [0.1, 0.15) is 6.61 Å². The fraction of sp³-hybridized carbons (Fsp3) is 0.233. The normalized spacial score (nSPS) is 20.6. The van der Waals surface area contributed by atoms with Gasteiger partial charge in [0.05, 0.1) is 48.2 Å². The first kappa shape index (κ1) is 21.3. The van der Waals surface area contributed by atoms with Crippen LogP contribution in [-0.4, -0.2) is 52.9 Å². The molecule has 2 atom stereocenters. The van der Waals surface area contributed by atoms with Gasteiger partial charge in [-0.15, -0.1) is 0 Å². The predicted molar refractivity (Wildman–Crippen MR) is 137 cm³/mol. The number of benzene rings is 3. The minimum Gasteiger partial charge on any atom is -0.448 e. The van der Waals surface area contributed by atoms with Gasteiger partial charge in [-0.2, -0.15) is 0 Å². The molecule has 1 amide bonds. The van der Waals surface area contributed by atoms with Crippen molar-refractivity contribution in [2.24, 2.45) is 0 Å². The first-order valence-electron chi connectivity index (χ1n) is 12.4. The zero-order chi connectivity index (χ0) is 24.1. The maximum absolute atomic E-state index is 13.4. The zero-order valence-corrected chi connectivity index (χ0v) is 19.7. The van der Waals surface area contributed by atoms with Crippen molar-refractivity contribution in [1.82, 2.24) is 14.9 Å². The molecule has 1 saturated heterocycles. The smallest absolute Gasteiger partial charge is 0.410 e. The molecular weight excluding hydrogens is 450 g/mol. The average molecular weight is 476 g/mol. The molecule has 1 fully saturated rings. The number of para-hydroxylation sites is 2. The van der Waals surface area contributed by atoms with E-state index in [1.54, 1.807) is 0 Å². The molecule has 3 aliphatic rings. The summed E-state index contributed by atoms with van der Waals surface area (Å²) >= 11 is 0. The topological polar surface area (TPSA) is 64.5 Å². The highest BCUT2D eigenvalue weighted by molar-refractivity contribution is 5.80. The average Bonchev–Trinajstić information content (AvgIpc) is 3.24. The molecule has 0 spiro atoms. The van der Waals surface area contributed by atoms with Crippen LogP contribution in [0.15, 0.2) is 85.1 Å². The minimum absolute atomic E-state index is 0.0428. The van der Waals surface area contributed by atoms with Crippen molar-refractivity contribution in [1.29, 1.82) is 0 Å². The van der Waals surface area contributed by atoms with E-state index in [4.69, 9.17) is 14.5 Å². The Bertz CT molecular complexity index is 1470. The predicted octanol–water partition coefficient (Wildman–Crippen LogP) is 5.44. The summed E-state index contributed by atoms with van der Waals surface area (Å²) in [5.41, 5.74) is 8.59. The Morgan fingerprint density at radius 3 is 2.36 bits per heavy atom. The third-order valence-electron chi connectivity index (χ3n) is 7.52. The van der Waals surface area contributed by atoms with E-state index in [1.807, 2.05) is 47.5 Å². The van der Waals surface area contributed by atoms with Crippen molar-refractivity contribution in [2.45, 2.75) is 24.4 Å². The van der Waals surface area contributed by atoms with Crippen LogP contribution in [0.5, 0.6) is 0 Å². The van der Waals surface area contributed by atoms with Gasteiger partial charge in [0.25, 0.3) is 0 Å². The molecule has 7 rings (SSSR count). The number of ether oxygens (including phenoxy) is 2. The molecule has 178 valence electrons. The van der Waals surface area contributed by atoms with E-state index < -0.39 is 0 Å². The molecule has 1 aliphatic carbocycles. The highest BCUT2D eigenvalue weighted by atomic mass is 16.6. The maximum Gasteiger partial charge on any atom is 0.410 e. The van der Waals surface area contributed by atoms with E-state index in [9.17, 15) is 4.79 Å². The highest BCUT2D eigenvalue weighted by Crippen LogP contribution is 2.44. The number of hydrogen-bond acceptors (Lipinski definition) is 5. The second-order valence-corrected chi connectivity index (χ2v) is 9.61. The van der Waals surface area contributed by atoms with Crippen LogP contribution in [0.4, 0.5) is 4.79 Å². The van der Waals surface area contributed by atoms with Crippen LogP contribution in [0.2, 0.25) is 0 Å². The summed E-state index contributed by atoms with van der Waals surface area (Å²) < 4.78 is 11.8. The molecule has 3 aromatic carbocycles. The molecule has 4 aromatic rings. The van der Waals surface area contributed by atoms with Gasteiger partial charge >= 0.3 is 6.09 Å². The summed E-state index contributed by atoms with van der Waals surface area (Å²) in [7, 11) is 0. The number of hydrogen-bond donors (Lipinski definition) is 0. The number of aromatic nitrogens is 2. The highest BCUT2D eigenvalue weighted by Gasteiger charge is 2.40. The fourth-order valence-electron chi connectivity index (χ4n) is 5.85. The first-order chi connectivity index (χ1) is 17.8. The van der Waals surface area contributed by atoms with Crippen LogP contribution in [0.1, 0.15) is 29.2 Å². The van der Waals surface area contributed by atoms with E-state index in [-0.39, 0.29) is 24.1 Å². The third-order valence-corrected chi connectivity index (χ3v) is 7.52. The fourth-order valence-corrected chi connectivity index (χ4v) is 5.85. The molecule has 6 heteroatoms. The van der Waals surface area contributed by atoms with Crippen molar-refractivity contribution < 1.29 is 14.3 Å². The number of carbonyl (C=O) groups excluding carboxylic acids is 1. The standard InChI is InChI=1S/C30H25N3O3/c34-30(36-18-26-24-9-3-1-7-22(24)23-8-2-4-10-25(23)26)33-20-13-19(14-21(33)17-35-16-20)29-15-31-27-11-5-6-12-28(27)32-29/h1-13,15,20-21,26H,14,16-18H2. The Morgan fingerprint density at radius 2 is 1.61 bits per heavy atom. The maximum atomic E-state index is 13.4. The van der Waals surface area contributed by atoms with Crippen molar-refractivity contribution in [2.75, 3.05) is 19.8 Å². The summed E-state index contributed by atoms with van der Waals surface area (Å²) in [6.45, 7) is 1.25. The van der Waals surface area contributed by atoms with Crippen molar-refractivity contribution >= 4 is 22.7 Å². The van der Waals surface area contributed by atoms with Gasteiger partial charge in [-0.25, -0.2) is 9.78 Å². The molecule has 2 bridgehead atoms. The Kier molecular flexibility index (Phi) is 5.06. The van der Waals surface area contributed by atoms with E-state index in [2.05, 4.69) is 47.5 Å². The van der Waals surface area contributed by atoms with Crippen molar-refractivity contribution in [3.63, 3.8) is 0 Å². The lowest BCUT2D eigenvalue weighted by Crippen LogP contribution is -2.56. The summed E-state index contributed by atoms with van der Waals surface area (Å²) in [6.07, 6.45) is 4.30. The second kappa shape index (κ2) is 8.57. The Balaban J connectivity index is 1.12. The van der Waals surface area contributed by atoms with Crippen LogP contribution in [0.3, 0.4) is 0 Å². The summed E-state index contributed by atoms with van der Waals surface area (Å²) in [6, 6.07) is 24.4. The van der Waals surface area contributed by atoms with Gasteiger partial charge in [-0.1, -0.05) is 66.7 Å². The summed E-state index contributed by atoms with van der Waals surface area (Å²) in [4.78, 5) is 24.7. The molecule has 3 heterocycles. The van der Waals surface area contributed by atoms with Crippen LogP contribution in [-0.2, 0) is 9.47 Å². The lowest BCUT2D eigenvalue weighted by Gasteiger charge is -2.43. The quantitative estimate of drug-likeness (QED) is 0.395. The molecular formula is C30H25N3O3. The van der Waals surface area contributed by atoms with Gasteiger partial charge < -0.3 is 9.47 Å². The Morgan fingerprint density at radius 1 is 0.917 bits per heavy atom. The lowest BCUT2D eigenvalue weighted by molar-refractivity contribution is -0.0331. The van der Waals surface area contributed by atoms with E-state index in [0.29, 0.717) is 26.2 Å². The molecule has 1 aromatic heterocycles. The van der Waals surface area contributed by atoms with Gasteiger partial charge in [-0.3, -0.25) is 9.88 Å². The van der Waals surface area contributed by atoms with Crippen LogP contribution >= 0.6 is 0 Å². The summed E-state index contributed by atoms with van der Waals surface area (Å²) in [5.74, 6) is 0.0428. The molecule has 2 unspecified atom stereocenters. The van der Waals surface area contributed by atoms with Gasteiger partial charge in [-0.05, 0) is 46.4 Å². The van der Waals surface area contributed by atoms with Crippen molar-refractivity contribution in [3.05, 3.63) is 102 Å². The number of carbonyl (C=O) groups is 1. The van der Waals surface area contributed by atoms with E-state index in [0.717, 1.165) is 22.3 Å². The molecule has 6 nitrogen and oxygen atoms in total. The summed E-state index contributed by atoms with van der Waals surface area (Å²) in [5, 5.41) is 0. The molecule has 36 heavy (non-hydrogen) atoms. The monoisotopic (exact) mass is 475 g/mol. The third kappa shape index (κ3) is 3.48. The Labute approximate surface area is 209 Å². The number of rotatable bonds is 3. The second-order valence-electron chi connectivity index (χ2n) is 9.61. The first-order valence-corrected chi connectivity index (χ1v) is 12.4. The number of amides is 1.